The Balaban J connectivity index is 0.000000720. The third kappa shape index (κ3) is 17.3. The van der Waals surface area contributed by atoms with Crippen molar-refractivity contribution in [1.82, 2.24) is 14.9 Å². The Morgan fingerprint density at radius 3 is 1.64 bits per heavy atom. The van der Waals surface area contributed by atoms with Crippen LogP contribution in [0.3, 0.4) is 0 Å². The maximum absolute atomic E-state index is 10.5. The SMILES string of the molecule is NCCCCCCN(Cc1ccccn1)Cc1ccccn1.O=C([O-])C(F)(F)F.O=[C]=[Re+](=[C]=O)=[C]=O. The number of carboxylic acids is 1. The second-order valence-corrected chi connectivity index (χ2v) is 10.6. The molecule has 0 spiro atoms. The number of carboxylic acid groups (broad SMARTS) is 1. The number of hydrogen-bond donors (Lipinski definition) is 1. The van der Waals surface area contributed by atoms with Gasteiger partial charge in [0.05, 0.1) is 11.4 Å². The molecule has 2 N–H and O–H groups in total. The third-order valence-corrected chi connectivity index (χ3v) is 5.78. The average molecular weight is 682 g/mol. The number of unbranched alkanes of at least 4 members (excludes halogenated alkanes) is 3. The van der Waals surface area contributed by atoms with E-state index in [-0.39, 0.29) is 0 Å². The Morgan fingerprint density at radius 1 is 0.889 bits per heavy atom. The molecular weight excluding hydrogens is 655 g/mol. The van der Waals surface area contributed by atoms with Gasteiger partial charge in [0.1, 0.15) is 5.97 Å². The third-order valence-electron chi connectivity index (χ3n) is 4.11. The minimum absolute atomic E-state index is 0.797. The van der Waals surface area contributed by atoms with Gasteiger partial charge in [-0.1, -0.05) is 25.0 Å². The Labute approximate surface area is 210 Å². The number of nitrogens with zero attached hydrogens (tertiary/aromatic N) is 3. The molecule has 0 bridgehead atoms. The first-order chi connectivity index (χ1) is 17.2. The summed E-state index contributed by atoms with van der Waals surface area (Å²) in [5.41, 5.74) is 7.77. The standard InChI is InChI=1S/C18H26N4.C2HF3O2.3CO.Re/c19-11-5-1-2-8-14-22(15-17-9-3-6-12-20-17)16-18-10-4-7-13-21-18;3-2(4,5)1(6)7;3*1-2;/h3-4,6-7,9-10,12-13H,1-2,5,8,11,14-16,19H2;(H,6,7);;;;/q;;;;;+1/p-1. The van der Waals surface area contributed by atoms with Gasteiger partial charge in [-0.15, -0.1) is 0 Å². The minimum atomic E-state index is -5.19. The molecule has 0 saturated carbocycles. The van der Waals surface area contributed by atoms with Crippen molar-refractivity contribution in [3.63, 3.8) is 0 Å². The predicted octanol–water partition coefficient (Wildman–Crippen LogP) is 1.10. The molecule has 0 aliphatic rings. The van der Waals surface area contributed by atoms with Gasteiger partial charge < -0.3 is 15.6 Å². The van der Waals surface area contributed by atoms with Gasteiger partial charge in [0.25, 0.3) is 0 Å². The zero-order chi connectivity index (χ0) is 27.2. The Kier molecular flexibility index (Phi) is 18.4. The second kappa shape index (κ2) is 20.1. The van der Waals surface area contributed by atoms with Gasteiger partial charge in [0.15, 0.2) is 0 Å². The van der Waals surface area contributed by atoms with Crippen LogP contribution in [0.4, 0.5) is 13.2 Å². The summed E-state index contributed by atoms with van der Waals surface area (Å²) in [5, 5.41) is 8.78. The van der Waals surface area contributed by atoms with E-state index in [0.29, 0.717) is 0 Å². The van der Waals surface area contributed by atoms with Crippen LogP contribution < -0.4 is 10.8 Å². The molecule has 0 aliphatic carbocycles. The quantitative estimate of drug-likeness (QED) is 0.365. The van der Waals surface area contributed by atoms with Gasteiger partial charge in [-0.3, -0.25) is 14.9 Å². The molecule has 0 fully saturated rings. The van der Waals surface area contributed by atoms with Crippen LogP contribution in [0.15, 0.2) is 48.8 Å². The molecule has 2 rings (SSSR count). The van der Waals surface area contributed by atoms with Crippen LogP contribution in [0, 0.1) is 0 Å². The summed E-state index contributed by atoms with van der Waals surface area (Å²) in [6.07, 6.45) is 3.29. The molecule has 0 aliphatic heterocycles. The van der Waals surface area contributed by atoms with Gasteiger partial charge >= 0.3 is 49.0 Å². The molecular formula is C23H26F3N4O5Re. The van der Waals surface area contributed by atoms with Crippen LogP contribution in [0.1, 0.15) is 37.1 Å². The number of hydrogen-bond acceptors (Lipinski definition) is 9. The van der Waals surface area contributed by atoms with Crippen LogP contribution in [0.25, 0.3) is 0 Å². The summed E-state index contributed by atoms with van der Waals surface area (Å²) in [6.45, 7) is 3.60. The normalized spacial score (nSPS) is 9.92. The number of halogens is 3. The van der Waals surface area contributed by atoms with Crippen molar-refractivity contribution in [1.29, 1.82) is 0 Å². The number of carbonyl (C=O) groups is 1. The number of rotatable bonds is 10. The molecule has 0 aromatic carbocycles. The topological polar surface area (TPSA) is 146 Å². The molecule has 2 aromatic rings. The van der Waals surface area contributed by atoms with E-state index in [1.165, 1.54) is 32.3 Å². The van der Waals surface area contributed by atoms with Crippen molar-refractivity contribution in [3.8, 4) is 0 Å². The molecule has 9 nitrogen and oxygen atoms in total. The summed E-state index contributed by atoms with van der Waals surface area (Å²) in [6, 6.07) is 12.2. The monoisotopic (exact) mass is 682 g/mol. The first kappa shape index (κ1) is 32.9. The van der Waals surface area contributed by atoms with E-state index in [1.807, 2.05) is 36.7 Å². The Hall–Kier alpha value is -3.12. The molecule has 13 heteroatoms. The number of aromatic nitrogens is 2. The molecule has 0 unspecified atom stereocenters. The second-order valence-electron chi connectivity index (χ2n) is 6.86. The summed E-state index contributed by atoms with van der Waals surface area (Å²) >= 11 is -2.97. The number of nitrogens with two attached hydrogens (primary N) is 1. The fraction of sp³-hybridized carbons (Fsp3) is 0.391. The van der Waals surface area contributed by atoms with E-state index in [1.54, 1.807) is 0 Å². The summed E-state index contributed by atoms with van der Waals surface area (Å²) in [5.74, 6) is -3.01. The van der Waals surface area contributed by atoms with Crippen molar-refractivity contribution in [2.24, 2.45) is 5.73 Å². The van der Waals surface area contributed by atoms with Crippen molar-refractivity contribution in [2.45, 2.75) is 44.9 Å². The molecule has 2 aromatic heterocycles. The number of alkyl halides is 3. The van der Waals surface area contributed by atoms with Crippen LogP contribution >= 0.6 is 0 Å². The van der Waals surface area contributed by atoms with Gasteiger partial charge in [0.2, 0.25) is 0 Å². The van der Waals surface area contributed by atoms with E-state index < -0.39 is 27.5 Å². The van der Waals surface area contributed by atoms with Crippen LogP contribution in [-0.2, 0) is 47.7 Å². The summed E-state index contributed by atoms with van der Waals surface area (Å²) in [7, 11) is 0. The zero-order valence-corrected chi connectivity index (χ0v) is 22.0. The van der Waals surface area contributed by atoms with Crippen molar-refractivity contribution in [2.75, 3.05) is 13.1 Å². The van der Waals surface area contributed by atoms with Crippen molar-refractivity contribution in [3.05, 3.63) is 60.2 Å². The van der Waals surface area contributed by atoms with Gasteiger partial charge in [0, 0.05) is 25.5 Å². The fourth-order valence-electron chi connectivity index (χ4n) is 2.54. The molecule has 196 valence electrons. The summed E-state index contributed by atoms with van der Waals surface area (Å²) < 4.78 is 35.4. The first-order valence-corrected chi connectivity index (χ1v) is 14.6. The van der Waals surface area contributed by atoms with Gasteiger partial charge in [-0.05, 0) is 50.2 Å². The molecule has 0 saturated heterocycles. The van der Waals surface area contributed by atoms with Crippen molar-refractivity contribution < 1.29 is 52.8 Å². The zero-order valence-electron chi connectivity index (χ0n) is 19.2. The van der Waals surface area contributed by atoms with E-state index in [0.717, 1.165) is 44.0 Å². The van der Waals surface area contributed by atoms with Crippen molar-refractivity contribution >= 4 is 19.0 Å². The molecule has 0 atom stereocenters. The average Bonchev–Trinajstić information content (AvgIpc) is 2.86. The first-order valence-electron chi connectivity index (χ1n) is 10.5. The number of aliphatic carboxylic acids is 1. The van der Waals surface area contributed by atoms with Crippen LogP contribution in [0.5, 0.6) is 0 Å². The number of pyridine rings is 2. The van der Waals surface area contributed by atoms with Crippen LogP contribution in [-0.4, -0.2) is 53.2 Å². The van der Waals surface area contributed by atoms with E-state index >= 15 is 0 Å². The Morgan fingerprint density at radius 2 is 1.33 bits per heavy atom. The van der Waals surface area contributed by atoms with E-state index in [9.17, 15) is 27.6 Å². The Bertz CT molecular complexity index is 1030. The molecule has 2 heterocycles. The molecule has 36 heavy (non-hydrogen) atoms. The van der Waals surface area contributed by atoms with Gasteiger partial charge in [-0.25, -0.2) is 0 Å². The van der Waals surface area contributed by atoms with E-state index in [4.69, 9.17) is 15.6 Å². The molecule has 0 amide bonds. The van der Waals surface area contributed by atoms with Crippen LogP contribution in [0.2, 0.25) is 0 Å². The predicted molar refractivity (Wildman–Crippen MR) is 118 cm³/mol. The summed E-state index contributed by atoms with van der Waals surface area (Å²) in [4.78, 5) is 48.3. The van der Waals surface area contributed by atoms with Gasteiger partial charge in [-0.2, -0.15) is 13.2 Å². The fourth-order valence-corrected chi connectivity index (χ4v) is 2.88. The van der Waals surface area contributed by atoms with E-state index in [2.05, 4.69) is 27.0 Å². The number of carbonyl (C=O) groups excluding carboxylic acids is 4. The maximum atomic E-state index is 10.5. The molecule has 0 radical (unpaired) electrons.